The van der Waals surface area contributed by atoms with Gasteiger partial charge in [-0.25, -0.2) is 14.3 Å². The summed E-state index contributed by atoms with van der Waals surface area (Å²) in [6, 6.07) is 26.5. The number of pyridine rings is 1. The number of benzene rings is 3. The third kappa shape index (κ3) is 10.0. The zero-order valence-electron chi connectivity index (χ0n) is 25.7. The highest BCUT2D eigenvalue weighted by Crippen LogP contribution is 2.48. The van der Waals surface area contributed by atoms with Crippen LogP contribution in [0.1, 0.15) is 37.3 Å². The number of nitrogens with zero attached hydrogens (tertiary/aromatic N) is 3. The Bertz CT molecular complexity index is 1750. The molecule has 3 aromatic carbocycles. The second-order valence-electron chi connectivity index (χ2n) is 10.7. The molecule has 1 atom stereocenters. The number of nitrogens with one attached hydrogen (secondary N) is 1. The number of amides is 1. The van der Waals surface area contributed by atoms with E-state index in [9.17, 15) is 9.36 Å². The van der Waals surface area contributed by atoms with Crippen LogP contribution < -0.4 is 14.4 Å². The molecule has 1 unspecified atom stereocenters. The molecule has 1 N–H and O–H groups in total. The molecule has 0 aliphatic carbocycles. The minimum Gasteiger partial charge on any atom is -0.425 e. The lowest BCUT2D eigenvalue weighted by molar-refractivity contribution is 0.0510. The number of hydrogen-bond donors (Lipinski definition) is 1. The molecule has 2 aromatic heterocycles. The Labute approximate surface area is 288 Å². The Morgan fingerprint density at radius 3 is 2.09 bits per heavy atom. The van der Waals surface area contributed by atoms with Crippen LogP contribution in [-0.2, 0) is 15.7 Å². The van der Waals surface area contributed by atoms with E-state index in [0.29, 0.717) is 28.0 Å². The van der Waals surface area contributed by atoms with Crippen LogP contribution in [0.2, 0.25) is 10.0 Å². The molecule has 0 fully saturated rings. The Balaban J connectivity index is 1.35. The van der Waals surface area contributed by atoms with Crippen molar-refractivity contribution in [1.29, 1.82) is 0 Å². The fraction of sp³-hybridized carbons (Fsp3) is 0.206. The molecule has 5 rings (SSSR count). The van der Waals surface area contributed by atoms with Crippen LogP contribution in [-0.4, -0.2) is 33.3 Å². The first-order valence-electron chi connectivity index (χ1n) is 14.8. The third-order valence-electron chi connectivity index (χ3n) is 6.72. The van der Waals surface area contributed by atoms with E-state index in [0.717, 1.165) is 21.2 Å². The quantitative estimate of drug-likeness (QED) is 0.114. The molecule has 0 bridgehead atoms. The van der Waals surface area contributed by atoms with Gasteiger partial charge < -0.3 is 19.1 Å². The van der Waals surface area contributed by atoms with Gasteiger partial charge in [-0.3, -0.25) is 9.55 Å². The minimum absolute atomic E-state index is 0.0401. The number of carbonyl (C=O) groups is 1. The highest BCUT2D eigenvalue weighted by atomic mass is 35.5. The van der Waals surface area contributed by atoms with Crippen molar-refractivity contribution in [1.82, 2.24) is 19.9 Å². The van der Waals surface area contributed by atoms with Gasteiger partial charge in [0, 0.05) is 40.3 Å². The first kappa shape index (κ1) is 34.4. The summed E-state index contributed by atoms with van der Waals surface area (Å²) in [7, 11) is -3.75. The van der Waals surface area contributed by atoms with Gasteiger partial charge >= 0.3 is 13.7 Å². The van der Waals surface area contributed by atoms with Crippen LogP contribution in [0, 0.1) is 0 Å². The largest absolute Gasteiger partial charge is 0.432 e. The number of rotatable bonds is 14. The first-order chi connectivity index (χ1) is 22.7. The lowest BCUT2D eigenvalue weighted by atomic mass is 10.1. The Morgan fingerprint density at radius 1 is 0.915 bits per heavy atom. The number of hydrogen-bond acceptors (Lipinski definition) is 8. The van der Waals surface area contributed by atoms with E-state index in [-0.39, 0.29) is 18.6 Å². The summed E-state index contributed by atoms with van der Waals surface area (Å²) >= 11 is 14.0. The summed E-state index contributed by atoms with van der Waals surface area (Å²) in [5, 5.41) is 4.52. The zero-order chi connectivity index (χ0) is 33.2. The Morgan fingerprint density at radius 2 is 1.51 bits per heavy atom. The number of imidazole rings is 1. The van der Waals surface area contributed by atoms with E-state index < -0.39 is 19.9 Å². The van der Waals surface area contributed by atoms with Gasteiger partial charge in [-0.15, -0.1) is 0 Å². The van der Waals surface area contributed by atoms with Crippen LogP contribution >= 0.6 is 42.6 Å². The van der Waals surface area contributed by atoms with Crippen LogP contribution in [0.15, 0.2) is 120 Å². The van der Waals surface area contributed by atoms with Crippen molar-refractivity contribution in [3.8, 4) is 11.5 Å². The standard InChI is InChI=1S/C34H33Cl2N4O5PS/c1-24(2)32-33(47-30-21-26(35)20-27(36)22-30)40(23-39-32)31(19-25-13-15-37-16-14-25)43-34(41)38-17-18-46(42,44-28-9-5-3-6-10-28)45-29-11-7-4-8-12-29/h3-16,20-24,31H,17-19H2,1-2H3,(H,38,41). The predicted octanol–water partition coefficient (Wildman–Crippen LogP) is 9.68. The molecule has 47 heavy (non-hydrogen) atoms. The summed E-state index contributed by atoms with van der Waals surface area (Å²) < 4.78 is 33.4. The maximum absolute atomic E-state index is 13.9. The topological polar surface area (TPSA) is 105 Å². The average molecular weight is 712 g/mol. The van der Waals surface area contributed by atoms with E-state index in [1.165, 1.54) is 11.8 Å². The fourth-order valence-electron chi connectivity index (χ4n) is 4.54. The molecule has 0 saturated heterocycles. The molecule has 0 aliphatic rings. The molecule has 244 valence electrons. The molecule has 5 aromatic rings. The van der Waals surface area contributed by atoms with Crippen LogP contribution in [0.5, 0.6) is 11.5 Å². The van der Waals surface area contributed by atoms with E-state index in [1.54, 1.807) is 73.3 Å². The highest BCUT2D eigenvalue weighted by molar-refractivity contribution is 7.99. The lowest BCUT2D eigenvalue weighted by Crippen LogP contribution is -2.31. The molecule has 0 spiro atoms. The molecule has 0 aliphatic heterocycles. The van der Waals surface area contributed by atoms with Gasteiger partial charge in [-0.05, 0) is 66.1 Å². The average Bonchev–Trinajstić information content (AvgIpc) is 3.45. The number of alkyl carbamates (subject to hydrolysis) is 1. The monoisotopic (exact) mass is 710 g/mol. The third-order valence-corrected chi connectivity index (χ3v) is 9.99. The molecule has 2 heterocycles. The maximum Gasteiger partial charge on any atom is 0.432 e. The Hall–Kier alpha value is -3.95. The van der Waals surface area contributed by atoms with Crippen molar-refractivity contribution in [3.05, 3.63) is 131 Å². The Kier molecular flexibility index (Phi) is 11.9. The molecular weight excluding hydrogens is 678 g/mol. The lowest BCUT2D eigenvalue weighted by Gasteiger charge is -2.23. The van der Waals surface area contributed by atoms with Crippen molar-refractivity contribution >= 4 is 48.7 Å². The maximum atomic E-state index is 13.9. The molecule has 0 saturated carbocycles. The smallest absolute Gasteiger partial charge is 0.425 e. The van der Waals surface area contributed by atoms with Crippen LogP contribution in [0.3, 0.4) is 0 Å². The van der Waals surface area contributed by atoms with Crippen LogP contribution in [0.25, 0.3) is 0 Å². The van der Waals surface area contributed by atoms with E-state index in [4.69, 9.17) is 37.0 Å². The van der Waals surface area contributed by atoms with Gasteiger partial charge in [0.2, 0.25) is 0 Å². The van der Waals surface area contributed by atoms with E-state index >= 15 is 0 Å². The van der Waals surface area contributed by atoms with Gasteiger partial charge in [0.25, 0.3) is 0 Å². The van der Waals surface area contributed by atoms with Crippen molar-refractivity contribution in [3.63, 3.8) is 0 Å². The van der Waals surface area contributed by atoms with Gasteiger partial charge in [-0.1, -0.05) is 85.2 Å². The number of carbonyl (C=O) groups excluding carboxylic acids is 1. The summed E-state index contributed by atoms with van der Waals surface area (Å²) in [5.41, 5.74) is 1.73. The zero-order valence-corrected chi connectivity index (χ0v) is 28.9. The number of ether oxygens (including phenoxy) is 1. The first-order valence-corrected chi connectivity index (χ1v) is 18.1. The normalized spacial score (nSPS) is 12.0. The number of aromatic nitrogens is 3. The second kappa shape index (κ2) is 16.2. The summed E-state index contributed by atoms with van der Waals surface area (Å²) in [6.07, 6.45) is 3.75. The molecule has 0 radical (unpaired) electrons. The summed E-state index contributed by atoms with van der Waals surface area (Å²) in [4.78, 5) is 22.9. The molecular formula is C34H33Cl2N4O5PS. The molecule has 13 heteroatoms. The SMILES string of the molecule is CC(C)c1ncn(C(Cc2ccncc2)OC(=O)NCCP(=O)(Oc2ccccc2)Oc2ccccc2)c1Sc1cc(Cl)cc(Cl)c1. The minimum atomic E-state index is -3.75. The predicted molar refractivity (Wildman–Crippen MR) is 185 cm³/mol. The number of halogens is 2. The number of para-hydroxylation sites is 2. The second-order valence-corrected chi connectivity index (χ2v) is 14.7. The van der Waals surface area contributed by atoms with E-state index in [1.807, 2.05) is 54.8 Å². The molecule has 1 amide bonds. The van der Waals surface area contributed by atoms with Gasteiger partial charge in [0.1, 0.15) is 16.5 Å². The fourth-order valence-corrected chi connectivity index (χ4v) is 7.95. The van der Waals surface area contributed by atoms with Gasteiger partial charge in [0.15, 0.2) is 6.23 Å². The van der Waals surface area contributed by atoms with Crippen molar-refractivity contribution in [2.24, 2.45) is 0 Å². The summed E-state index contributed by atoms with van der Waals surface area (Å²) in [5.74, 6) is 0.852. The van der Waals surface area contributed by atoms with Gasteiger partial charge in [-0.2, -0.15) is 0 Å². The van der Waals surface area contributed by atoms with E-state index in [2.05, 4.69) is 15.3 Å². The van der Waals surface area contributed by atoms with Crippen molar-refractivity contribution in [2.45, 2.75) is 42.3 Å². The molecule has 9 nitrogen and oxygen atoms in total. The summed E-state index contributed by atoms with van der Waals surface area (Å²) in [6.45, 7) is 4.04. The van der Waals surface area contributed by atoms with Crippen molar-refractivity contribution < 1.29 is 23.1 Å². The highest BCUT2D eigenvalue weighted by Gasteiger charge is 2.29. The van der Waals surface area contributed by atoms with Crippen LogP contribution in [0.4, 0.5) is 4.79 Å². The van der Waals surface area contributed by atoms with Crippen molar-refractivity contribution in [2.75, 3.05) is 12.7 Å². The van der Waals surface area contributed by atoms with Gasteiger partial charge in [0.05, 0.1) is 18.2 Å².